The summed E-state index contributed by atoms with van der Waals surface area (Å²) in [5.74, 6) is 0.714. The predicted molar refractivity (Wildman–Crippen MR) is 80.1 cm³/mol. The van der Waals surface area contributed by atoms with Crippen LogP contribution in [0.15, 0.2) is 36.2 Å². The number of rotatable bonds is 5. The SMILES string of the molecule is COc1cccc(CC(=CF)CNC(=O)OC(C)(C)C)c1. The van der Waals surface area contributed by atoms with Crippen LogP contribution in [0.5, 0.6) is 5.75 Å². The molecule has 0 unspecified atom stereocenters. The van der Waals surface area contributed by atoms with Gasteiger partial charge in [0.15, 0.2) is 0 Å². The Labute approximate surface area is 124 Å². The van der Waals surface area contributed by atoms with Gasteiger partial charge in [-0.25, -0.2) is 9.18 Å². The molecule has 0 aliphatic heterocycles. The zero-order chi connectivity index (χ0) is 15.9. The van der Waals surface area contributed by atoms with E-state index in [-0.39, 0.29) is 6.54 Å². The number of nitrogens with one attached hydrogen (secondary N) is 1. The van der Waals surface area contributed by atoms with Crippen LogP contribution in [0.4, 0.5) is 9.18 Å². The molecule has 1 amide bonds. The Morgan fingerprint density at radius 2 is 2.10 bits per heavy atom. The van der Waals surface area contributed by atoms with Crippen LogP contribution in [0.3, 0.4) is 0 Å². The topological polar surface area (TPSA) is 47.6 Å². The van der Waals surface area contributed by atoms with Crippen LogP contribution in [0.1, 0.15) is 26.3 Å². The minimum atomic E-state index is -0.573. The van der Waals surface area contributed by atoms with Gasteiger partial charge in [-0.2, -0.15) is 0 Å². The van der Waals surface area contributed by atoms with Crippen molar-refractivity contribution in [3.63, 3.8) is 0 Å². The van der Waals surface area contributed by atoms with Crippen molar-refractivity contribution in [3.05, 3.63) is 41.7 Å². The van der Waals surface area contributed by atoms with Crippen molar-refractivity contribution in [2.24, 2.45) is 0 Å². The molecule has 1 rings (SSSR count). The average molecular weight is 295 g/mol. The zero-order valence-corrected chi connectivity index (χ0v) is 12.9. The summed E-state index contributed by atoms with van der Waals surface area (Å²) in [4.78, 5) is 11.5. The van der Waals surface area contributed by atoms with E-state index in [1.807, 2.05) is 24.3 Å². The molecule has 0 spiro atoms. The summed E-state index contributed by atoms with van der Waals surface area (Å²) in [5.41, 5.74) is 0.787. The predicted octanol–water partition coefficient (Wildman–Crippen LogP) is 3.62. The minimum absolute atomic E-state index is 0.0998. The Balaban J connectivity index is 2.54. The molecule has 4 nitrogen and oxygen atoms in total. The molecule has 0 fully saturated rings. The van der Waals surface area contributed by atoms with Crippen molar-refractivity contribution in [1.29, 1.82) is 0 Å². The monoisotopic (exact) mass is 295 g/mol. The van der Waals surface area contributed by atoms with Crippen LogP contribution < -0.4 is 10.1 Å². The molecule has 0 saturated heterocycles. The second-order valence-electron chi connectivity index (χ2n) is 5.65. The van der Waals surface area contributed by atoms with Crippen LogP contribution in [-0.4, -0.2) is 25.3 Å². The van der Waals surface area contributed by atoms with Gasteiger partial charge in [0.25, 0.3) is 0 Å². The fraction of sp³-hybridized carbons (Fsp3) is 0.438. The van der Waals surface area contributed by atoms with Gasteiger partial charge >= 0.3 is 6.09 Å². The molecule has 1 aromatic rings. The maximum Gasteiger partial charge on any atom is 0.407 e. The Hall–Kier alpha value is -2.04. The molecule has 0 saturated carbocycles. The summed E-state index contributed by atoms with van der Waals surface area (Å²) in [7, 11) is 1.58. The quantitative estimate of drug-likeness (QED) is 0.902. The van der Waals surface area contributed by atoms with Crippen LogP contribution >= 0.6 is 0 Å². The van der Waals surface area contributed by atoms with Gasteiger partial charge in [-0.1, -0.05) is 12.1 Å². The number of amides is 1. The number of hydrogen-bond acceptors (Lipinski definition) is 3. The van der Waals surface area contributed by atoms with Crippen molar-refractivity contribution < 1.29 is 18.7 Å². The number of methoxy groups -OCH3 is 1. The summed E-state index contributed by atoms with van der Waals surface area (Å²) in [5, 5.41) is 2.54. The second kappa shape index (κ2) is 7.67. The van der Waals surface area contributed by atoms with Crippen LogP contribution in [0, 0.1) is 0 Å². The number of carbonyl (C=O) groups is 1. The van der Waals surface area contributed by atoms with Gasteiger partial charge in [-0.3, -0.25) is 0 Å². The van der Waals surface area contributed by atoms with Crippen LogP contribution in [-0.2, 0) is 11.2 Å². The zero-order valence-electron chi connectivity index (χ0n) is 12.9. The Bertz CT molecular complexity index is 506. The van der Waals surface area contributed by atoms with E-state index in [4.69, 9.17) is 9.47 Å². The van der Waals surface area contributed by atoms with E-state index in [0.717, 1.165) is 5.56 Å². The first-order valence-electron chi connectivity index (χ1n) is 6.72. The normalized spacial score (nSPS) is 12.0. The lowest BCUT2D eigenvalue weighted by Gasteiger charge is -2.20. The number of carbonyl (C=O) groups excluding carboxylic acids is 1. The van der Waals surface area contributed by atoms with Gasteiger partial charge in [0, 0.05) is 6.54 Å². The van der Waals surface area contributed by atoms with Gasteiger partial charge in [-0.05, 0) is 50.5 Å². The molecule has 116 valence electrons. The molecule has 0 atom stereocenters. The van der Waals surface area contributed by atoms with Gasteiger partial charge < -0.3 is 14.8 Å². The molecular weight excluding hydrogens is 273 g/mol. The summed E-state index contributed by atoms with van der Waals surface area (Å²) >= 11 is 0. The Morgan fingerprint density at radius 3 is 2.67 bits per heavy atom. The third-order valence-electron chi connectivity index (χ3n) is 2.58. The van der Waals surface area contributed by atoms with Gasteiger partial charge in [0.1, 0.15) is 11.4 Å². The minimum Gasteiger partial charge on any atom is -0.497 e. The lowest BCUT2D eigenvalue weighted by molar-refractivity contribution is 0.0532. The summed E-state index contributed by atoms with van der Waals surface area (Å²) in [6.07, 6.45) is 0.341. The second-order valence-corrected chi connectivity index (χ2v) is 5.65. The maximum absolute atomic E-state index is 12.9. The summed E-state index contributed by atoms with van der Waals surface area (Å²) in [6, 6.07) is 7.36. The molecule has 0 aliphatic carbocycles. The molecule has 21 heavy (non-hydrogen) atoms. The first-order chi connectivity index (χ1) is 9.84. The molecule has 5 heteroatoms. The molecule has 1 aromatic carbocycles. The summed E-state index contributed by atoms with van der Waals surface area (Å²) in [6.45, 7) is 5.42. The number of benzene rings is 1. The van der Waals surface area contributed by atoms with Crippen molar-refractivity contribution in [2.75, 3.05) is 13.7 Å². The molecule has 1 N–H and O–H groups in total. The molecule has 0 bridgehead atoms. The van der Waals surface area contributed by atoms with Crippen molar-refractivity contribution in [3.8, 4) is 5.75 Å². The van der Waals surface area contributed by atoms with Gasteiger partial charge in [0.05, 0.1) is 13.4 Å². The number of hydrogen-bond donors (Lipinski definition) is 1. The third-order valence-corrected chi connectivity index (χ3v) is 2.58. The van der Waals surface area contributed by atoms with Gasteiger partial charge in [0.2, 0.25) is 0 Å². The highest BCUT2D eigenvalue weighted by Gasteiger charge is 2.16. The van der Waals surface area contributed by atoms with Crippen molar-refractivity contribution in [2.45, 2.75) is 32.8 Å². The molecule has 0 heterocycles. The highest BCUT2D eigenvalue weighted by Crippen LogP contribution is 2.16. The lowest BCUT2D eigenvalue weighted by Crippen LogP contribution is -2.33. The molecule has 0 aromatic heterocycles. The average Bonchev–Trinajstić information content (AvgIpc) is 2.41. The lowest BCUT2D eigenvalue weighted by atomic mass is 10.1. The fourth-order valence-corrected chi connectivity index (χ4v) is 1.68. The number of ether oxygens (including phenoxy) is 2. The first-order valence-corrected chi connectivity index (χ1v) is 6.72. The highest BCUT2D eigenvalue weighted by atomic mass is 19.1. The van der Waals surface area contributed by atoms with E-state index in [0.29, 0.717) is 24.1 Å². The molecule has 0 radical (unpaired) electrons. The Morgan fingerprint density at radius 1 is 1.38 bits per heavy atom. The standard InChI is InChI=1S/C16H22FNO3/c1-16(2,3)21-15(19)18-11-13(10-17)8-12-6-5-7-14(9-12)20-4/h5-7,9-10H,8,11H2,1-4H3,(H,18,19). The van der Waals surface area contributed by atoms with Crippen molar-refractivity contribution >= 4 is 6.09 Å². The summed E-state index contributed by atoms with van der Waals surface area (Å²) < 4.78 is 23.1. The first kappa shape index (κ1) is 17.0. The Kier molecular flexibility index (Phi) is 6.21. The number of halogens is 1. The van der Waals surface area contributed by atoms with Gasteiger partial charge in [-0.15, -0.1) is 0 Å². The van der Waals surface area contributed by atoms with E-state index < -0.39 is 11.7 Å². The largest absolute Gasteiger partial charge is 0.497 e. The fourth-order valence-electron chi connectivity index (χ4n) is 1.68. The van der Waals surface area contributed by atoms with E-state index in [2.05, 4.69) is 5.32 Å². The third kappa shape index (κ3) is 6.79. The van der Waals surface area contributed by atoms with E-state index in [1.165, 1.54) is 0 Å². The van der Waals surface area contributed by atoms with Crippen molar-refractivity contribution in [1.82, 2.24) is 5.32 Å². The van der Waals surface area contributed by atoms with Crippen LogP contribution in [0.25, 0.3) is 0 Å². The maximum atomic E-state index is 12.9. The number of alkyl carbamates (subject to hydrolysis) is 1. The molecule has 0 aliphatic rings. The molecular formula is C16H22FNO3. The van der Waals surface area contributed by atoms with E-state index >= 15 is 0 Å². The smallest absolute Gasteiger partial charge is 0.407 e. The highest BCUT2D eigenvalue weighted by molar-refractivity contribution is 5.68. The van der Waals surface area contributed by atoms with Crippen LogP contribution in [0.2, 0.25) is 0 Å². The van der Waals surface area contributed by atoms with E-state index in [9.17, 15) is 9.18 Å². The van der Waals surface area contributed by atoms with E-state index in [1.54, 1.807) is 27.9 Å².